The summed E-state index contributed by atoms with van der Waals surface area (Å²) >= 11 is 0. The van der Waals surface area contributed by atoms with Crippen LogP contribution in [-0.2, 0) is 6.54 Å². The van der Waals surface area contributed by atoms with Crippen LogP contribution in [0.1, 0.15) is 24.8 Å². The number of nitrogens with zero attached hydrogens (tertiary/aromatic N) is 1. The molecule has 0 aromatic heterocycles. The maximum atomic E-state index is 13.1. The van der Waals surface area contributed by atoms with Crippen LogP contribution in [0.15, 0.2) is 18.2 Å². The lowest BCUT2D eigenvalue weighted by Gasteiger charge is -2.37. The Hall–Kier alpha value is -1.00. The van der Waals surface area contributed by atoms with Crippen molar-refractivity contribution in [2.45, 2.75) is 31.8 Å². The molecule has 2 rings (SSSR count). The predicted octanol–water partition coefficient (Wildman–Crippen LogP) is 2.28. The van der Waals surface area contributed by atoms with Crippen molar-refractivity contribution in [3.05, 3.63) is 35.4 Å². The average Bonchev–Trinajstić information content (AvgIpc) is 2.13. The van der Waals surface area contributed by atoms with E-state index >= 15 is 0 Å². The van der Waals surface area contributed by atoms with Gasteiger partial charge in [0.15, 0.2) is 0 Å². The van der Waals surface area contributed by atoms with Gasteiger partial charge in [-0.1, -0.05) is 6.42 Å². The van der Waals surface area contributed by atoms with Crippen molar-refractivity contribution in [1.82, 2.24) is 4.90 Å². The minimum Gasteiger partial charge on any atom is -0.329 e. The lowest BCUT2D eigenvalue weighted by Crippen LogP contribution is -2.42. The first kappa shape index (κ1) is 12.5. The van der Waals surface area contributed by atoms with Gasteiger partial charge in [0, 0.05) is 31.7 Å². The molecule has 2 N–H and O–H groups in total. The Bertz CT molecular complexity index is 357. The van der Waals surface area contributed by atoms with Gasteiger partial charge in [-0.15, -0.1) is 0 Å². The van der Waals surface area contributed by atoms with Gasteiger partial charge in [-0.25, -0.2) is 8.78 Å². The molecule has 1 aliphatic rings. The van der Waals surface area contributed by atoms with Crippen molar-refractivity contribution in [2.75, 3.05) is 13.1 Å². The topological polar surface area (TPSA) is 29.3 Å². The monoisotopic (exact) mass is 240 g/mol. The Morgan fingerprint density at radius 2 is 1.82 bits per heavy atom. The van der Waals surface area contributed by atoms with E-state index in [0.29, 0.717) is 24.7 Å². The van der Waals surface area contributed by atoms with Crippen molar-refractivity contribution in [3.8, 4) is 0 Å². The van der Waals surface area contributed by atoms with Gasteiger partial charge in [0.25, 0.3) is 0 Å². The van der Waals surface area contributed by atoms with Gasteiger partial charge < -0.3 is 5.73 Å². The summed E-state index contributed by atoms with van der Waals surface area (Å²) in [7, 11) is 0. The van der Waals surface area contributed by atoms with Crippen molar-refractivity contribution < 1.29 is 8.78 Å². The molecule has 94 valence electrons. The normalized spacial score (nSPS) is 16.2. The van der Waals surface area contributed by atoms with Gasteiger partial charge in [0.2, 0.25) is 0 Å². The van der Waals surface area contributed by atoms with E-state index in [-0.39, 0.29) is 0 Å². The second-order valence-corrected chi connectivity index (χ2v) is 4.62. The summed E-state index contributed by atoms with van der Waals surface area (Å²) in [6.07, 6.45) is 3.57. The van der Waals surface area contributed by atoms with Crippen LogP contribution in [0.2, 0.25) is 0 Å². The van der Waals surface area contributed by atoms with Crippen LogP contribution in [0.3, 0.4) is 0 Å². The molecule has 1 aromatic carbocycles. The maximum absolute atomic E-state index is 13.1. The van der Waals surface area contributed by atoms with Crippen molar-refractivity contribution in [3.63, 3.8) is 0 Å². The Morgan fingerprint density at radius 3 is 2.29 bits per heavy atom. The summed E-state index contributed by atoms with van der Waals surface area (Å²) in [6.45, 7) is 1.94. The van der Waals surface area contributed by atoms with E-state index in [9.17, 15) is 8.78 Å². The quantitative estimate of drug-likeness (QED) is 0.855. The summed E-state index contributed by atoms with van der Waals surface area (Å²) in [5.41, 5.74) is 6.25. The molecule has 1 aliphatic carbocycles. The van der Waals surface area contributed by atoms with Crippen LogP contribution in [0, 0.1) is 11.6 Å². The van der Waals surface area contributed by atoms with Crippen molar-refractivity contribution in [2.24, 2.45) is 5.73 Å². The Labute approximate surface area is 100 Å². The highest BCUT2D eigenvalue weighted by Crippen LogP contribution is 2.26. The second kappa shape index (κ2) is 5.56. The number of benzene rings is 1. The summed E-state index contributed by atoms with van der Waals surface area (Å²) < 4.78 is 26.2. The number of hydrogen-bond donors (Lipinski definition) is 1. The molecule has 0 unspecified atom stereocenters. The second-order valence-electron chi connectivity index (χ2n) is 4.62. The van der Waals surface area contributed by atoms with Crippen LogP contribution >= 0.6 is 0 Å². The zero-order valence-electron chi connectivity index (χ0n) is 9.83. The van der Waals surface area contributed by atoms with Gasteiger partial charge in [-0.05, 0) is 30.5 Å². The molecule has 2 nitrogen and oxygen atoms in total. The molecule has 0 saturated heterocycles. The molecule has 0 amide bonds. The Morgan fingerprint density at radius 1 is 1.18 bits per heavy atom. The molecular weight excluding hydrogens is 222 g/mol. The highest BCUT2D eigenvalue weighted by Gasteiger charge is 2.24. The fourth-order valence-corrected chi connectivity index (χ4v) is 2.25. The molecule has 1 aromatic rings. The van der Waals surface area contributed by atoms with E-state index in [1.807, 2.05) is 0 Å². The van der Waals surface area contributed by atoms with Gasteiger partial charge >= 0.3 is 0 Å². The maximum Gasteiger partial charge on any atom is 0.126 e. The SMILES string of the molecule is NCCN(Cc1cc(F)cc(F)c1)C1CCC1. The summed E-state index contributed by atoms with van der Waals surface area (Å²) in [5.74, 6) is -1.03. The minimum atomic E-state index is -0.513. The molecule has 0 atom stereocenters. The van der Waals surface area contributed by atoms with Crippen LogP contribution in [0.4, 0.5) is 8.78 Å². The first-order chi connectivity index (χ1) is 8.19. The van der Waals surface area contributed by atoms with Gasteiger partial charge in [0.05, 0.1) is 0 Å². The molecule has 0 heterocycles. The third-order valence-electron chi connectivity index (χ3n) is 3.32. The van der Waals surface area contributed by atoms with E-state index < -0.39 is 11.6 Å². The van der Waals surface area contributed by atoms with Crippen LogP contribution in [-0.4, -0.2) is 24.0 Å². The fourth-order valence-electron chi connectivity index (χ4n) is 2.25. The van der Waals surface area contributed by atoms with E-state index in [0.717, 1.165) is 25.5 Å². The average molecular weight is 240 g/mol. The van der Waals surface area contributed by atoms with Crippen LogP contribution in [0.5, 0.6) is 0 Å². The molecule has 1 fully saturated rings. The molecular formula is C13H18F2N2. The first-order valence-electron chi connectivity index (χ1n) is 6.08. The molecule has 4 heteroatoms. The smallest absolute Gasteiger partial charge is 0.126 e. The fraction of sp³-hybridized carbons (Fsp3) is 0.538. The van der Waals surface area contributed by atoms with Crippen LogP contribution in [0.25, 0.3) is 0 Å². The highest BCUT2D eigenvalue weighted by molar-refractivity contribution is 5.18. The third kappa shape index (κ3) is 3.23. The number of halogens is 2. The number of hydrogen-bond acceptors (Lipinski definition) is 2. The lowest BCUT2D eigenvalue weighted by molar-refractivity contribution is 0.123. The molecule has 1 saturated carbocycles. The Balaban J connectivity index is 2.05. The summed E-state index contributed by atoms with van der Waals surface area (Å²) in [4.78, 5) is 2.22. The lowest BCUT2D eigenvalue weighted by atomic mass is 9.91. The van der Waals surface area contributed by atoms with Crippen molar-refractivity contribution in [1.29, 1.82) is 0 Å². The van der Waals surface area contributed by atoms with Gasteiger partial charge in [-0.3, -0.25) is 4.90 Å². The zero-order valence-corrected chi connectivity index (χ0v) is 9.83. The largest absolute Gasteiger partial charge is 0.329 e. The number of nitrogens with two attached hydrogens (primary N) is 1. The standard InChI is InChI=1S/C13H18F2N2/c14-11-6-10(7-12(15)8-11)9-17(5-4-16)13-2-1-3-13/h6-8,13H,1-5,9,16H2. The summed E-state index contributed by atoms with van der Waals surface area (Å²) in [6, 6.07) is 4.22. The predicted molar refractivity (Wildman–Crippen MR) is 63.5 cm³/mol. The molecule has 0 bridgehead atoms. The highest BCUT2D eigenvalue weighted by atomic mass is 19.1. The zero-order chi connectivity index (χ0) is 12.3. The molecule has 0 aliphatic heterocycles. The number of rotatable bonds is 5. The van der Waals surface area contributed by atoms with Crippen molar-refractivity contribution >= 4 is 0 Å². The van der Waals surface area contributed by atoms with E-state index in [2.05, 4.69) is 4.90 Å². The van der Waals surface area contributed by atoms with Crippen LogP contribution < -0.4 is 5.73 Å². The van der Waals surface area contributed by atoms with Gasteiger partial charge in [0.1, 0.15) is 11.6 Å². The molecule has 0 radical (unpaired) electrons. The van der Waals surface area contributed by atoms with E-state index in [4.69, 9.17) is 5.73 Å². The first-order valence-corrected chi connectivity index (χ1v) is 6.08. The van der Waals surface area contributed by atoms with E-state index in [1.54, 1.807) is 0 Å². The van der Waals surface area contributed by atoms with E-state index in [1.165, 1.54) is 18.6 Å². The third-order valence-corrected chi connectivity index (χ3v) is 3.32. The van der Waals surface area contributed by atoms with Gasteiger partial charge in [-0.2, -0.15) is 0 Å². The summed E-state index contributed by atoms with van der Waals surface area (Å²) in [5, 5.41) is 0. The molecule has 0 spiro atoms. The Kier molecular flexibility index (Phi) is 4.07. The molecule has 17 heavy (non-hydrogen) atoms. The minimum absolute atomic E-state index is 0.513.